The zero-order valence-corrected chi connectivity index (χ0v) is 14.0. The molecule has 0 saturated carbocycles. The Balaban J connectivity index is 2.49. The van der Waals surface area contributed by atoms with E-state index in [1.165, 1.54) is 0 Å². The summed E-state index contributed by atoms with van der Waals surface area (Å²) in [7, 11) is 3.61. The van der Waals surface area contributed by atoms with Crippen LogP contribution in [0.15, 0.2) is 40.9 Å². The molecule has 4 heteroatoms. The van der Waals surface area contributed by atoms with E-state index in [2.05, 4.69) is 33.4 Å². The summed E-state index contributed by atoms with van der Waals surface area (Å²) in [5.41, 5.74) is 3.27. The predicted molar refractivity (Wildman–Crippen MR) is 87.8 cm³/mol. The van der Waals surface area contributed by atoms with Gasteiger partial charge >= 0.3 is 0 Å². The minimum atomic E-state index is 0.0381. The van der Waals surface area contributed by atoms with Gasteiger partial charge in [0.15, 0.2) is 0 Å². The third kappa shape index (κ3) is 3.17. The molecule has 2 rings (SSSR count). The number of ether oxygens (including phenoxy) is 1. The molecule has 0 aliphatic rings. The van der Waals surface area contributed by atoms with Gasteiger partial charge < -0.3 is 10.1 Å². The SMILES string of the molecule is CNC(c1ccc(C)c(Cl)c1)c1ccc(Br)cc1OC. The Hall–Kier alpha value is -1.03. The normalized spacial score (nSPS) is 12.2. The van der Waals surface area contributed by atoms with E-state index in [1.54, 1.807) is 7.11 Å². The van der Waals surface area contributed by atoms with Crippen molar-refractivity contribution in [2.45, 2.75) is 13.0 Å². The number of hydrogen-bond donors (Lipinski definition) is 1. The topological polar surface area (TPSA) is 21.3 Å². The Kier molecular flexibility index (Phi) is 5.08. The maximum atomic E-state index is 6.23. The molecule has 20 heavy (non-hydrogen) atoms. The minimum Gasteiger partial charge on any atom is -0.496 e. The Labute approximate surface area is 133 Å². The first-order chi connectivity index (χ1) is 9.56. The average molecular weight is 355 g/mol. The third-order valence-corrected chi connectivity index (χ3v) is 4.22. The van der Waals surface area contributed by atoms with Crippen LogP contribution in [0.5, 0.6) is 5.75 Å². The van der Waals surface area contributed by atoms with Gasteiger partial charge in [0.1, 0.15) is 5.75 Å². The number of nitrogens with one attached hydrogen (secondary N) is 1. The van der Waals surface area contributed by atoms with Crippen molar-refractivity contribution >= 4 is 27.5 Å². The van der Waals surface area contributed by atoms with Crippen molar-refractivity contribution in [3.05, 3.63) is 62.6 Å². The van der Waals surface area contributed by atoms with Crippen LogP contribution in [-0.4, -0.2) is 14.2 Å². The summed E-state index contributed by atoms with van der Waals surface area (Å²) in [5.74, 6) is 0.843. The first kappa shape index (κ1) is 15.4. The van der Waals surface area contributed by atoms with Crippen LogP contribution in [0.2, 0.25) is 5.02 Å². The van der Waals surface area contributed by atoms with Gasteiger partial charge in [-0.25, -0.2) is 0 Å². The number of hydrogen-bond acceptors (Lipinski definition) is 2. The zero-order chi connectivity index (χ0) is 14.7. The molecule has 2 aromatic rings. The van der Waals surface area contributed by atoms with Gasteiger partial charge in [0, 0.05) is 15.1 Å². The maximum Gasteiger partial charge on any atom is 0.125 e. The molecule has 2 nitrogen and oxygen atoms in total. The number of rotatable bonds is 4. The van der Waals surface area contributed by atoms with Crippen LogP contribution in [0.1, 0.15) is 22.7 Å². The highest BCUT2D eigenvalue weighted by molar-refractivity contribution is 9.10. The Morgan fingerprint density at radius 2 is 1.95 bits per heavy atom. The summed E-state index contributed by atoms with van der Waals surface area (Å²) in [6, 6.07) is 12.2. The summed E-state index contributed by atoms with van der Waals surface area (Å²) in [6.45, 7) is 2.00. The van der Waals surface area contributed by atoms with Crippen LogP contribution in [0.25, 0.3) is 0 Å². The first-order valence-electron chi connectivity index (χ1n) is 6.33. The van der Waals surface area contributed by atoms with Crippen molar-refractivity contribution in [3.8, 4) is 5.75 Å². The van der Waals surface area contributed by atoms with Crippen molar-refractivity contribution in [1.29, 1.82) is 0 Å². The van der Waals surface area contributed by atoms with Gasteiger partial charge in [-0.05, 0) is 43.3 Å². The molecule has 0 bridgehead atoms. The molecule has 106 valence electrons. The lowest BCUT2D eigenvalue weighted by Crippen LogP contribution is -2.18. The van der Waals surface area contributed by atoms with Gasteiger partial charge in [-0.3, -0.25) is 0 Å². The fourth-order valence-corrected chi connectivity index (χ4v) is 2.74. The number of benzene rings is 2. The molecule has 0 aromatic heterocycles. The highest BCUT2D eigenvalue weighted by atomic mass is 79.9. The molecule has 1 N–H and O–H groups in total. The highest BCUT2D eigenvalue weighted by Gasteiger charge is 2.17. The summed E-state index contributed by atoms with van der Waals surface area (Å²) in [5, 5.41) is 4.10. The van der Waals surface area contributed by atoms with E-state index in [9.17, 15) is 0 Å². The van der Waals surface area contributed by atoms with Gasteiger partial charge in [0.05, 0.1) is 13.2 Å². The van der Waals surface area contributed by atoms with E-state index in [0.29, 0.717) is 0 Å². The average Bonchev–Trinajstić information content (AvgIpc) is 2.44. The number of aryl methyl sites for hydroxylation is 1. The lowest BCUT2D eigenvalue weighted by Gasteiger charge is -2.20. The lowest BCUT2D eigenvalue weighted by molar-refractivity contribution is 0.405. The molecule has 0 fully saturated rings. The van der Waals surface area contributed by atoms with Crippen LogP contribution in [-0.2, 0) is 0 Å². The Morgan fingerprint density at radius 1 is 1.20 bits per heavy atom. The van der Waals surface area contributed by atoms with Crippen LogP contribution in [0, 0.1) is 6.92 Å². The van der Waals surface area contributed by atoms with Crippen molar-refractivity contribution in [2.75, 3.05) is 14.2 Å². The first-order valence-corrected chi connectivity index (χ1v) is 7.50. The van der Waals surface area contributed by atoms with Crippen molar-refractivity contribution < 1.29 is 4.74 Å². The number of halogens is 2. The molecule has 0 heterocycles. The fraction of sp³-hybridized carbons (Fsp3) is 0.250. The van der Waals surface area contributed by atoms with Crippen LogP contribution in [0.3, 0.4) is 0 Å². The second-order valence-electron chi connectivity index (χ2n) is 4.62. The number of methoxy groups -OCH3 is 1. The van der Waals surface area contributed by atoms with Gasteiger partial charge in [0.25, 0.3) is 0 Å². The van der Waals surface area contributed by atoms with Gasteiger partial charge in [-0.1, -0.05) is 45.7 Å². The van der Waals surface area contributed by atoms with E-state index >= 15 is 0 Å². The highest BCUT2D eigenvalue weighted by Crippen LogP contribution is 2.33. The van der Waals surface area contributed by atoms with Gasteiger partial charge in [-0.15, -0.1) is 0 Å². The molecule has 0 aliphatic carbocycles. The monoisotopic (exact) mass is 353 g/mol. The maximum absolute atomic E-state index is 6.23. The van der Waals surface area contributed by atoms with Crippen molar-refractivity contribution in [3.63, 3.8) is 0 Å². The standard InChI is InChI=1S/C16H17BrClNO/c1-10-4-5-11(8-14(10)18)16(19-2)13-7-6-12(17)9-15(13)20-3/h4-9,16,19H,1-3H3. The largest absolute Gasteiger partial charge is 0.496 e. The third-order valence-electron chi connectivity index (χ3n) is 3.32. The van der Waals surface area contributed by atoms with E-state index < -0.39 is 0 Å². The zero-order valence-electron chi connectivity index (χ0n) is 11.7. The predicted octanol–water partition coefficient (Wildman–Crippen LogP) is 4.73. The molecule has 1 atom stereocenters. The molecule has 0 aliphatic heterocycles. The van der Waals surface area contributed by atoms with Crippen LogP contribution < -0.4 is 10.1 Å². The second-order valence-corrected chi connectivity index (χ2v) is 5.94. The van der Waals surface area contributed by atoms with Crippen molar-refractivity contribution in [1.82, 2.24) is 5.32 Å². The van der Waals surface area contributed by atoms with E-state index in [1.807, 2.05) is 38.2 Å². The van der Waals surface area contributed by atoms with Gasteiger partial charge in [0.2, 0.25) is 0 Å². The van der Waals surface area contributed by atoms with Gasteiger partial charge in [-0.2, -0.15) is 0 Å². The summed E-state index contributed by atoms with van der Waals surface area (Å²) >= 11 is 9.70. The van der Waals surface area contributed by atoms with Crippen LogP contribution >= 0.6 is 27.5 Å². The molecule has 0 spiro atoms. The molecular formula is C16H17BrClNO. The minimum absolute atomic E-state index is 0.0381. The summed E-state index contributed by atoms with van der Waals surface area (Å²) < 4.78 is 6.48. The van der Waals surface area contributed by atoms with E-state index in [-0.39, 0.29) is 6.04 Å². The van der Waals surface area contributed by atoms with Crippen LogP contribution in [0.4, 0.5) is 0 Å². The smallest absolute Gasteiger partial charge is 0.125 e. The Bertz CT molecular complexity index is 615. The fourth-order valence-electron chi connectivity index (χ4n) is 2.21. The Morgan fingerprint density at radius 3 is 2.55 bits per heavy atom. The molecule has 0 radical (unpaired) electrons. The lowest BCUT2D eigenvalue weighted by atomic mass is 9.97. The molecule has 0 saturated heterocycles. The van der Waals surface area contributed by atoms with Crippen molar-refractivity contribution in [2.24, 2.45) is 0 Å². The van der Waals surface area contributed by atoms with E-state index in [4.69, 9.17) is 16.3 Å². The molecular weight excluding hydrogens is 338 g/mol. The quantitative estimate of drug-likeness (QED) is 0.857. The second kappa shape index (κ2) is 6.61. The summed E-state index contributed by atoms with van der Waals surface area (Å²) in [6.07, 6.45) is 0. The molecule has 0 amide bonds. The summed E-state index contributed by atoms with van der Waals surface area (Å²) in [4.78, 5) is 0. The molecule has 2 aromatic carbocycles. The van der Waals surface area contributed by atoms with E-state index in [0.717, 1.165) is 31.9 Å². The molecule has 1 unspecified atom stereocenters.